The number of benzene rings is 2. The molecule has 2 aromatic carbocycles. The van der Waals surface area contributed by atoms with E-state index in [1.807, 2.05) is 50.6 Å². The number of pyridine rings is 1. The second kappa shape index (κ2) is 12.6. The number of piperidine rings is 1. The van der Waals surface area contributed by atoms with Crippen molar-refractivity contribution >= 4 is 11.6 Å². The third-order valence-corrected chi connectivity index (χ3v) is 8.45. The first-order chi connectivity index (χ1) is 19.0. The van der Waals surface area contributed by atoms with Gasteiger partial charge in [0.25, 0.3) is 5.91 Å². The lowest BCUT2D eigenvalue weighted by Crippen LogP contribution is -2.48. The smallest absolute Gasteiger partial charge is 0.253 e. The highest BCUT2D eigenvalue weighted by Gasteiger charge is 2.37. The Bertz CT molecular complexity index is 1200. The number of para-hydroxylation sites is 1. The normalized spacial score (nSPS) is 18.4. The number of hydrogen-bond donors (Lipinski definition) is 0. The minimum atomic E-state index is 0.152. The van der Waals surface area contributed by atoms with Crippen molar-refractivity contribution in [3.05, 3.63) is 89.7 Å². The molecule has 0 unspecified atom stereocenters. The molecule has 206 valence electrons. The molecular formula is C33H42N4O2. The van der Waals surface area contributed by atoms with E-state index >= 15 is 0 Å². The van der Waals surface area contributed by atoms with Crippen LogP contribution < -0.4 is 9.64 Å². The molecule has 39 heavy (non-hydrogen) atoms. The Balaban J connectivity index is 1.30. The summed E-state index contributed by atoms with van der Waals surface area (Å²) < 4.78 is 6.31. The SMILES string of the molecule is CN(C)c1ccc(C(=O)N2CCC3(CCCCc4ccccc4OCCN(Cc4ccccn4)C3)CC2)cc1. The molecule has 2 aliphatic rings. The minimum Gasteiger partial charge on any atom is -0.492 e. The predicted octanol–water partition coefficient (Wildman–Crippen LogP) is 5.68. The van der Waals surface area contributed by atoms with Crippen LogP contribution in [0.3, 0.4) is 0 Å². The summed E-state index contributed by atoms with van der Waals surface area (Å²) in [6.07, 6.45) is 8.53. The third kappa shape index (κ3) is 6.99. The van der Waals surface area contributed by atoms with E-state index in [1.165, 1.54) is 18.4 Å². The maximum atomic E-state index is 13.4. The molecule has 0 saturated carbocycles. The van der Waals surface area contributed by atoms with Gasteiger partial charge in [-0.15, -0.1) is 0 Å². The Hall–Kier alpha value is -3.38. The van der Waals surface area contributed by atoms with Gasteiger partial charge in [0.15, 0.2) is 0 Å². The van der Waals surface area contributed by atoms with E-state index in [9.17, 15) is 4.79 Å². The van der Waals surface area contributed by atoms with Crippen molar-refractivity contribution in [3.63, 3.8) is 0 Å². The Kier molecular flexibility index (Phi) is 8.82. The van der Waals surface area contributed by atoms with Gasteiger partial charge in [-0.3, -0.25) is 14.7 Å². The molecule has 6 nitrogen and oxygen atoms in total. The molecule has 3 heterocycles. The van der Waals surface area contributed by atoms with E-state index in [2.05, 4.69) is 56.1 Å². The van der Waals surface area contributed by atoms with Gasteiger partial charge in [-0.2, -0.15) is 0 Å². The molecule has 0 N–H and O–H groups in total. The molecule has 2 aliphatic heterocycles. The monoisotopic (exact) mass is 526 g/mol. The number of aryl methyl sites for hydroxylation is 1. The van der Waals surface area contributed by atoms with Gasteiger partial charge in [0.1, 0.15) is 12.4 Å². The zero-order valence-electron chi connectivity index (χ0n) is 23.5. The molecule has 1 aromatic heterocycles. The van der Waals surface area contributed by atoms with E-state index < -0.39 is 0 Å². The first kappa shape index (κ1) is 27.2. The minimum absolute atomic E-state index is 0.152. The number of anilines is 1. The Morgan fingerprint density at radius 1 is 0.923 bits per heavy atom. The van der Waals surface area contributed by atoms with Gasteiger partial charge < -0.3 is 14.5 Å². The van der Waals surface area contributed by atoms with E-state index in [1.54, 1.807) is 0 Å². The molecule has 0 atom stereocenters. The number of aromatic nitrogens is 1. The molecule has 5 rings (SSSR count). The summed E-state index contributed by atoms with van der Waals surface area (Å²) in [5.74, 6) is 1.18. The van der Waals surface area contributed by atoms with Crippen LogP contribution in [-0.2, 0) is 13.0 Å². The van der Waals surface area contributed by atoms with Crippen molar-refractivity contribution in [3.8, 4) is 5.75 Å². The van der Waals surface area contributed by atoms with Crippen LogP contribution in [-0.4, -0.2) is 67.6 Å². The third-order valence-electron chi connectivity index (χ3n) is 8.45. The lowest BCUT2D eigenvalue weighted by atomic mass is 9.73. The number of rotatable bonds is 4. The molecule has 1 spiro atoms. The summed E-state index contributed by atoms with van der Waals surface area (Å²) >= 11 is 0. The van der Waals surface area contributed by atoms with Gasteiger partial charge in [-0.1, -0.05) is 30.7 Å². The van der Waals surface area contributed by atoms with Crippen LogP contribution in [0, 0.1) is 5.41 Å². The molecule has 0 radical (unpaired) electrons. The Morgan fingerprint density at radius 3 is 2.44 bits per heavy atom. The van der Waals surface area contributed by atoms with Crippen LogP contribution in [0.2, 0.25) is 0 Å². The number of carbonyl (C=O) groups excluding carboxylic acids is 1. The highest BCUT2D eigenvalue weighted by atomic mass is 16.5. The second-order valence-corrected chi connectivity index (χ2v) is 11.4. The zero-order valence-corrected chi connectivity index (χ0v) is 23.5. The number of carbonyl (C=O) groups is 1. The summed E-state index contributed by atoms with van der Waals surface area (Å²) in [4.78, 5) is 24.6. The molecule has 0 bridgehead atoms. The number of ether oxygens (including phenoxy) is 1. The standard InChI is InChI=1S/C33H42N4O2/c1-35(2)30-15-13-28(14-16-30)32(38)37-21-18-33(19-22-37)17-7-5-10-27-9-3-4-12-31(27)39-24-23-36(26-33)25-29-11-6-8-20-34-29/h3-4,6,8-9,11-16,20H,5,7,10,17-19,21-26H2,1-2H3. The van der Waals surface area contributed by atoms with Crippen molar-refractivity contribution in [2.45, 2.75) is 45.1 Å². The van der Waals surface area contributed by atoms with Crippen molar-refractivity contribution in [2.75, 3.05) is 51.8 Å². The van der Waals surface area contributed by atoms with E-state index in [4.69, 9.17) is 4.74 Å². The zero-order chi connectivity index (χ0) is 27.1. The number of likely N-dealkylation sites (tertiary alicyclic amines) is 1. The maximum Gasteiger partial charge on any atom is 0.253 e. The molecule has 1 saturated heterocycles. The van der Waals surface area contributed by atoms with Crippen LogP contribution in [0.5, 0.6) is 5.75 Å². The summed E-state index contributed by atoms with van der Waals surface area (Å²) in [7, 11) is 4.04. The molecule has 6 heteroatoms. The first-order valence-corrected chi connectivity index (χ1v) is 14.4. The van der Waals surface area contributed by atoms with Crippen LogP contribution in [0.25, 0.3) is 0 Å². The fourth-order valence-electron chi connectivity index (χ4n) is 6.12. The lowest BCUT2D eigenvalue weighted by molar-refractivity contribution is 0.0358. The lowest BCUT2D eigenvalue weighted by Gasteiger charge is -2.45. The predicted molar refractivity (Wildman–Crippen MR) is 157 cm³/mol. The largest absolute Gasteiger partial charge is 0.492 e. The van der Waals surface area contributed by atoms with Crippen molar-refractivity contribution < 1.29 is 9.53 Å². The highest BCUT2D eigenvalue weighted by molar-refractivity contribution is 5.94. The molecule has 3 aromatic rings. The quantitative estimate of drug-likeness (QED) is 0.438. The van der Waals surface area contributed by atoms with Gasteiger partial charge >= 0.3 is 0 Å². The van der Waals surface area contributed by atoms with Crippen molar-refractivity contribution in [2.24, 2.45) is 5.41 Å². The average Bonchev–Trinajstić information content (AvgIpc) is 2.96. The summed E-state index contributed by atoms with van der Waals surface area (Å²) in [6, 6.07) is 22.6. The van der Waals surface area contributed by atoms with E-state index in [-0.39, 0.29) is 11.3 Å². The fraction of sp³-hybridized carbons (Fsp3) is 0.455. The second-order valence-electron chi connectivity index (χ2n) is 11.4. The van der Waals surface area contributed by atoms with Gasteiger partial charge in [0, 0.05) is 64.3 Å². The first-order valence-electron chi connectivity index (χ1n) is 14.4. The van der Waals surface area contributed by atoms with Gasteiger partial charge in [-0.25, -0.2) is 0 Å². The summed E-state index contributed by atoms with van der Waals surface area (Å²) in [5.41, 5.74) is 4.48. The fourth-order valence-corrected chi connectivity index (χ4v) is 6.12. The van der Waals surface area contributed by atoms with Gasteiger partial charge in [-0.05, 0) is 85.5 Å². The molecule has 1 fully saturated rings. The van der Waals surface area contributed by atoms with Crippen LogP contribution >= 0.6 is 0 Å². The maximum absolute atomic E-state index is 13.4. The molecule has 0 aliphatic carbocycles. The Labute approximate surface area is 233 Å². The number of hydrogen-bond acceptors (Lipinski definition) is 5. The van der Waals surface area contributed by atoms with Gasteiger partial charge in [0.05, 0.1) is 5.69 Å². The van der Waals surface area contributed by atoms with Crippen LogP contribution in [0.1, 0.15) is 53.7 Å². The van der Waals surface area contributed by atoms with Crippen molar-refractivity contribution in [1.29, 1.82) is 0 Å². The van der Waals surface area contributed by atoms with Crippen LogP contribution in [0.4, 0.5) is 5.69 Å². The average molecular weight is 527 g/mol. The highest BCUT2D eigenvalue weighted by Crippen LogP contribution is 2.39. The van der Waals surface area contributed by atoms with E-state index in [0.29, 0.717) is 6.61 Å². The van der Waals surface area contributed by atoms with Gasteiger partial charge in [0.2, 0.25) is 0 Å². The number of nitrogens with zero attached hydrogens (tertiary/aromatic N) is 4. The number of amides is 1. The number of fused-ring (bicyclic) bond motifs is 1. The van der Waals surface area contributed by atoms with Crippen molar-refractivity contribution in [1.82, 2.24) is 14.8 Å². The van der Waals surface area contributed by atoms with E-state index in [0.717, 1.165) is 81.1 Å². The summed E-state index contributed by atoms with van der Waals surface area (Å²) in [6.45, 7) is 4.96. The Morgan fingerprint density at radius 2 is 1.69 bits per heavy atom. The molecular weight excluding hydrogens is 484 g/mol. The summed E-state index contributed by atoms with van der Waals surface area (Å²) in [5, 5.41) is 0. The molecule has 1 amide bonds. The topological polar surface area (TPSA) is 48.9 Å². The van der Waals surface area contributed by atoms with Crippen LogP contribution in [0.15, 0.2) is 72.9 Å².